The van der Waals surface area contributed by atoms with Gasteiger partial charge in [-0.2, -0.15) is 0 Å². The number of rotatable bonds is 3. The summed E-state index contributed by atoms with van der Waals surface area (Å²) in [6, 6.07) is 9.26. The maximum atomic E-state index is 6.02. The lowest BCUT2D eigenvalue weighted by Crippen LogP contribution is -2.46. The Bertz CT molecular complexity index is 421. The first-order valence-electron chi connectivity index (χ1n) is 7.52. The topological polar surface area (TPSA) is 38.5 Å². The van der Waals surface area contributed by atoms with E-state index in [1.165, 1.54) is 36.9 Å². The van der Waals surface area contributed by atoms with Gasteiger partial charge in [0.25, 0.3) is 0 Å². The third-order valence-corrected chi connectivity index (χ3v) is 4.51. The molecule has 3 rings (SSSR count). The Kier molecular flexibility index (Phi) is 4.16. The first kappa shape index (κ1) is 13.1. The molecule has 2 atom stereocenters. The number of hydrogen-bond donors (Lipinski definition) is 1. The zero-order chi connectivity index (χ0) is 13.1. The average Bonchev–Trinajstić information content (AvgIpc) is 2.48. The van der Waals surface area contributed by atoms with Gasteiger partial charge in [0.05, 0.1) is 12.7 Å². The van der Waals surface area contributed by atoms with E-state index in [9.17, 15) is 0 Å². The van der Waals surface area contributed by atoms with Crippen LogP contribution in [0.25, 0.3) is 0 Å². The number of ether oxygens (including phenoxy) is 1. The molecule has 2 N–H and O–H groups in total. The van der Waals surface area contributed by atoms with Gasteiger partial charge in [-0.1, -0.05) is 30.7 Å². The van der Waals surface area contributed by atoms with Crippen molar-refractivity contribution in [2.45, 2.75) is 37.8 Å². The van der Waals surface area contributed by atoms with E-state index in [4.69, 9.17) is 10.5 Å². The van der Waals surface area contributed by atoms with Gasteiger partial charge < -0.3 is 10.5 Å². The summed E-state index contributed by atoms with van der Waals surface area (Å²) >= 11 is 0. The average molecular weight is 260 g/mol. The van der Waals surface area contributed by atoms with Gasteiger partial charge >= 0.3 is 0 Å². The zero-order valence-corrected chi connectivity index (χ0v) is 11.6. The van der Waals surface area contributed by atoms with Crippen LogP contribution in [0.15, 0.2) is 24.3 Å². The summed E-state index contributed by atoms with van der Waals surface area (Å²) < 4.78 is 6.02. The van der Waals surface area contributed by atoms with Crippen molar-refractivity contribution in [2.24, 2.45) is 5.73 Å². The molecular weight excluding hydrogens is 236 g/mol. The van der Waals surface area contributed by atoms with Crippen molar-refractivity contribution in [2.75, 3.05) is 26.2 Å². The lowest BCUT2D eigenvalue weighted by Gasteiger charge is -2.38. The van der Waals surface area contributed by atoms with Gasteiger partial charge in [0.1, 0.15) is 0 Å². The second kappa shape index (κ2) is 6.04. The highest BCUT2D eigenvalue weighted by atomic mass is 16.5. The van der Waals surface area contributed by atoms with Crippen molar-refractivity contribution in [1.82, 2.24) is 4.90 Å². The maximum Gasteiger partial charge on any atom is 0.0954 e. The van der Waals surface area contributed by atoms with Crippen molar-refractivity contribution in [1.29, 1.82) is 0 Å². The predicted molar refractivity (Wildman–Crippen MR) is 77.1 cm³/mol. The van der Waals surface area contributed by atoms with E-state index >= 15 is 0 Å². The summed E-state index contributed by atoms with van der Waals surface area (Å²) in [6.45, 7) is 3.79. The summed E-state index contributed by atoms with van der Waals surface area (Å²) in [7, 11) is 0. The quantitative estimate of drug-likeness (QED) is 0.904. The number of likely N-dealkylation sites (tertiary alicyclic amines) is 1. The normalized spacial score (nSPS) is 28.1. The summed E-state index contributed by atoms with van der Waals surface area (Å²) in [4.78, 5) is 2.54. The Balaban J connectivity index is 1.73. The molecule has 2 unspecified atom stereocenters. The fraction of sp³-hybridized carbons (Fsp3) is 0.625. The van der Waals surface area contributed by atoms with E-state index in [1.807, 2.05) is 0 Å². The molecule has 0 saturated carbocycles. The van der Waals surface area contributed by atoms with Crippen LogP contribution < -0.4 is 5.73 Å². The second-order valence-electron chi connectivity index (χ2n) is 5.69. The van der Waals surface area contributed by atoms with Crippen molar-refractivity contribution in [3.05, 3.63) is 35.4 Å². The minimum atomic E-state index is 0.233. The third-order valence-electron chi connectivity index (χ3n) is 4.51. The molecule has 1 aromatic carbocycles. The largest absolute Gasteiger partial charge is 0.372 e. The van der Waals surface area contributed by atoms with Crippen molar-refractivity contribution >= 4 is 0 Å². The number of fused-ring (bicyclic) bond motifs is 1. The van der Waals surface area contributed by atoms with Crippen LogP contribution in [-0.4, -0.2) is 37.2 Å². The van der Waals surface area contributed by atoms with Crippen LogP contribution in [-0.2, 0) is 11.2 Å². The Hall–Kier alpha value is -0.900. The molecule has 0 amide bonds. The van der Waals surface area contributed by atoms with E-state index in [2.05, 4.69) is 29.2 Å². The van der Waals surface area contributed by atoms with E-state index in [0.717, 1.165) is 26.1 Å². The number of nitrogens with zero attached hydrogens (tertiary/aromatic N) is 1. The number of benzene rings is 1. The summed E-state index contributed by atoms with van der Waals surface area (Å²) in [5.74, 6) is 0. The van der Waals surface area contributed by atoms with Gasteiger partial charge in [0.2, 0.25) is 0 Å². The smallest absolute Gasteiger partial charge is 0.0954 e. The number of piperidine rings is 1. The fourth-order valence-corrected chi connectivity index (χ4v) is 3.41. The van der Waals surface area contributed by atoms with Gasteiger partial charge in [-0.3, -0.25) is 4.90 Å². The molecule has 0 spiro atoms. The SMILES string of the molecule is NCC1CCCCN1CC1OCCc2ccccc21. The lowest BCUT2D eigenvalue weighted by atomic mass is 9.95. The Morgan fingerprint density at radius 1 is 1.26 bits per heavy atom. The Labute approximate surface area is 115 Å². The first-order chi connectivity index (χ1) is 9.38. The Morgan fingerprint density at radius 2 is 2.16 bits per heavy atom. The molecule has 2 aliphatic rings. The molecule has 2 aliphatic heterocycles. The van der Waals surface area contributed by atoms with Crippen LogP contribution in [0.1, 0.15) is 36.5 Å². The van der Waals surface area contributed by atoms with Gasteiger partial charge in [0.15, 0.2) is 0 Å². The second-order valence-corrected chi connectivity index (χ2v) is 5.69. The Morgan fingerprint density at radius 3 is 3.05 bits per heavy atom. The van der Waals surface area contributed by atoms with Crippen LogP contribution in [0.5, 0.6) is 0 Å². The summed E-state index contributed by atoms with van der Waals surface area (Å²) in [5.41, 5.74) is 8.75. The first-order valence-corrected chi connectivity index (χ1v) is 7.52. The van der Waals surface area contributed by atoms with Crippen LogP contribution in [0, 0.1) is 0 Å². The highest BCUT2D eigenvalue weighted by Gasteiger charge is 2.27. The molecular formula is C16H24N2O. The van der Waals surface area contributed by atoms with Crippen LogP contribution >= 0.6 is 0 Å². The molecule has 3 nitrogen and oxygen atoms in total. The minimum absolute atomic E-state index is 0.233. The molecule has 104 valence electrons. The van der Waals surface area contributed by atoms with Gasteiger partial charge in [-0.25, -0.2) is 0 Å². The van der Waals surface area contributed by atoms with Crippen molar-refractivity contribution in [3.8, 4) is 0 Å². The minimum Gasteiger partial charge on any atom is -0.372 e. The highest BCUT2D eigenvalue weighted by molar-refractivity contribution is 5.31. The van der Waals surface area contributed by atoms with Gasteiger partial charge in [0, 0.05) is 19.1 Å². The number of nitrogens with two attached hydrogens (primary N) is 1. The lowest BCUT2D eigenvalue weighted by molar-refractivity contribution is -0.0000921. The van der Waals surface area contributed by atoms with E-state index in [1.54, 1.807) is 0 Å². The zero-order valence-electron chi connectivity index (χ0n) is 11.6. The number of hydrogen-bond acceptors (Lipinski definition) is 3. The van der Waals surface area contributed by atoms with Crippen LogP contribution in [0.4, 0.5) is 0 Å². The highest BCUT2D eigenvalue weighted by Crippen LogP contribution is 2.29. The van der Waals surface area contributed by atoms with Crippen molar-refractivity contribution in [3.63, 3.8) is 0 Å². The van der Waals surface area contributed by atoms with Gasteiger partial charge in [-0.15, -0.1) is 0 Å². The van der Waals surface area contributed by atoms with E-state index in [-0.39, 0.29) is 6.10 Å². The van der Waals surface area contributed by atoms with Crippen LogP contribution in [0.2, 0.25) is 0 Å². The molecule has 1 aromatic rings. The van der Waals surface area contributed by atoms with Crippen LogP contribution in [0.3, 0.4) is 0 Å². The van der Waals surface area contributed by atoms with Gasteiger partial charge in [-0.05, 0) is 36.9 Å². The molecule has 2 heterocycles. The monoisotopic (exact) mass is 260 g/mol. The maximum absolute atomic E-state index is 6.02. The molecule has 1 saturated heterocycles. The molecule has 0 aromatic heterocycles. The standard InChI is InChI=1S/C16H24N2O/c17-11-14-6-3-4-9-18(14)12-16-15-7-2-1-5-13(15)8-10-19-16/h1-2,5,7,14,16H,3-4,6,8-12,17H2. The molecule has 0 aliphatic carbocycles. The van der Waals surface area contributed by atoms with Crippen molar-refractivity contribution < 1.29 is 4.74 Å². The third kappa shape index (κ3) is 2.83. The molecule has 19 heavy (non-hydrogen) atoms. The predicted octanol–water partition coefficient (Wildman–Crippen LogP) is 2.11. The fourth-order valence-electron chi connectivity index (χ4n) is 3.41. The summed E-state index contributed by atoms with van der Waals surface area (Å²) in [6.07, 6.45) is 5.14. The summed E-state index contributed by atoms with van der Waals surface area (Å²) in [5, 5.41) is 0. The molecule has 3 heteroatoms. The molecule has 0 radical (unpaired) electrons. The van der Waals surface area contributed by atoms with E-state index < -0.39 is 0 Å². The molecule has 0 bridgehead atoms. The van der Waals surface area contributed by atoms with E-state index in [0.29, 0.717) is 6.04 Å². The molecule has 1 fully saturated rings.